The van der Waals surface area contributed by atoms with E-state index >= 15 is 0 Å². The van der Waals surface area contributed by atoms with Gasteiger partial charge in [-0.2, -0.15) is 5.06 Å². The van der Waals surface area contributed by atoms with Gasteiger partial charge in [-0.05, 0) is 62.1 Å². The Kier molecular flexibility index (Phi) is 7.32. The molecule has 0 N–H and O–H groups in total. The highest BCUT2D eigenvalue weighted by Gasteiger charge is 2.24. The van der Waals surface area contributed by atoms with Crippen LogP contribution >= 0.6 is 0 Å². The smallest absolute Gasteiger partial charge is 0.223 e. The van der Waals surface area contributed by atoms with E-state index < -0.39 is 0 Å². The highest BCUT2D eigenvalue weighted by atomic mass is 16.7. The maximum absolute atomic E-state index is 12.6. The predicted octanol–water partition coefficient (Wildman–Crippen LogP) is 3.28. The summed E-state index contributed by atoms with van der Waals surface area (Å²) in [7, 11) is 1.71. The zero-order chi connectivity index (χ0) is 18.2. The van der Waals surface area contributed by atoms with E-state index in [9.17, 15) is 4.79 Å². The van der Waals surface area contributed by atoms with Crippen molar-refractivity contribution in [2.45, 2.75) is 44.9 Å². The van der Waals surface area contributed by atoms with Crippen LogP contribution in [0, 0.1) is 5.92 Å². The maximum atomic E-state index is 12.6. The maximum Gasteiger partial charge on any atom is 0.223 e. The molecule has 3 rings (SSSR count). The monoisotopic (exact) mass is 360 g/mol. The number of piperidine rings is 1. The van der Waals surface area contributed by atoms with Crippen molar-refractivity contribution in [1.29, 1.82) is 0 Å². The van der Waals surface area contributed by atoms with Crippen molar-refractivity contribution in [3.05, 3.63) is 29.8 Å². The number of methoxy groups -OCH3 is 1. The van der Waals surface area contributed by atoms with Gasteiger partial charge in [0.1, 0.15) is 5.75 Å². The Morgan fingerprint density at radius 1 is 1.27 bits per heavy atom. The number of carbonyl (C=O) groups is 1. The molecule has 1 aromatic carbocycles. The number of aryl methyl sites for hydroxylation is 1. The number of ether oxygens (including phenoxy) is 1. The van der Waals surface area contributed by atoms with Gasteiger partial charge in [-0.1, -0.05) is 12.1 Å². The van der Waals surface area contributed by atoms with E-state index in [-0.39, 0.29) is 5.91 Å². The second-order valence-electron chi connectivity index (χ2n) is 7.46. The number of benzene rings is 1. The molecule has 1 amide bonds. The van der Waals surface area contributed by atoms with E-state index in [1.165, 1.54) is 18.4 Å². The summed E-state index contributed by atoms with van der Waals surface area (Å²) < 4.78 is 5.30. The van der Waals surface area contributed by atoms with Gasteiger partial charge in [-0.3, -0.25) is 9.63 Å². The first kappa shape index (κ1) is 19.2. The molecule has 2 saturated heterocycles. The van der Waals surface area contributed by atoms with Crippen molar-refractivity contribution in [2.24, 2.45) is 5.92 Å². The first-order valence-electron chi connectivity index (χ1n) is 10.0. The van der Waals surface area contributed by atoms with Crippen LogP contribution in [0.1, 0.15) is 44.1 Å². The largest absolute Gasteiger partial charge is 0.497 e. The van der Waals surface area contributed by atoms with E-state index in [0.717, 1.165) is 64.2 Å². The van der Waals surface area contributed by atoms with Crippen molar-refractivity contribution in [2.75, 3.05) is 39.9 Å². The topological polar surface area (TPSA) is 42.0 Å². The molecule has 0 bridgehead atoms. The van der Waals surface area contributed by atoms with E-state index in [4.69, 9.17) is 9.57 Å². The second kappa shape index (κ2) is 9.93. The molecule has 0 aliphatic carbocycles. The van der Waals surface area contributed by atoms with Crippen molar-refractivity contribution in [3.63, 3.8) is 0 Å². The van der Waals surface area contributed by atoms with E-state index in [0.29, 0.717) is 12.3 Å². The Morgan fingerprint density at radius 2 is 2.19 bits per heavy atom. The Bertz CT molecular complexity index is 572. The Morgan fingerprint density at radius 3 is 3.00 bits per heavy atom. The van der Waals surface area contributed by atoms with Gasteiger partial charge in [-0.15, -0.1) is 0 Å². The minimum Gasteiger partial charge on any atom is -0.497 e. The van der Waals surface area contributed by atoms with Gasteiger partial charge in [0.2, 0.25) is 5.91 Å². The number of rotatable bonds is 7. The van der Waals surface area contributed by atoms with Crippen molar-refractivity contribution >= 4 is 5.91 Å². The van der Waals surface area contributed by atoms with Crippen LogP contribution in [-0.4, -0.2) is 55.8 Å². The van der Waals surface area contributed by atoms with Gasteiger partial charge in [0.05, 0.1) is 13.7 Å². The Labute approximate surface area is 157 Å². The predicted molar refractivity (Wildman–Crippen MR) is 102 cm³/mol. The molecule has 2 aliphatic heterocycles. The molecule has 5 heteroatoms. The van der Waals surface area contributed by atoms with Crippen LogP contribution < -0.4 is 4.74 Å². The lowest BCUT2D eigenvalue weighted by Crippen LogP contribution is -2.42. The fourth-order valence-electron chi connectivity index (χ4n) is 3.93. The van der Waals surface area contributed by atoms with Crippen LogP contribution in [0.2, 0.25) is 0 Å². The van der Waals surface area contributed by atoms with Gasteiger partial charge in [0.25, 0.3) is 0 Å². The summed E-state index contributed by atoms with van der Waals surface area (Å²) in [5, 5.41) is 1.96. The molecular weight excluding hydrogens is 328 g/mol. The molecule has 0 unspecified atom stereocenters. The van der Waals surface area contributed by atoms with E-state index in [1.807, 2.05) is 17.2 Å². The van der Waals surface area contributed by atoms with Gasteiger partial charge >= 0.3 is 0 Å². The molecule has 144 valence electrons. The van der Waals surface area contributed by atoms with Gasteiger partial charge in [0.15, 0.2) is 0 Å². The van der Waals surface area contributed by atoms with Gasteiger partial charge in [-0.25, -0.2) is 0 Å². The highest BCUT2D eigenvalue weighted by molar-refractivity contribution is 5.76. The van der Waals surface area contributed by atoms with Crippen LogP contribution in [0.5, 0.6) is 5.75 Å². The van der Waals surface area contributed by atoms with Gasteiger partial charge < -0.3 is 9.64 Å². The third-order valence-corrected chi connectivity index (χ3v) is 5.50. The summed E-state index contributed by atoms with van der Waals surface area (Å²) in [6, 6.07) is 8.31. The standard InChI is InChI=1S/C21H32N2O3/c1-25-20-8-4-6-18(16-20)9-10-19-7-5-12-22(17-19)21(24)11-14-23-13-2-3-15-26-23/h4,6,8,16,19H,2-3,5,7,9-15,17H2,1H3/t19-/m1/s1. The van der Waals surface area contributed by atoms with Gasteiger partial charge in [0, 0.05) is 32.6 Å². The number of hydroxylamine groups is 2. The molecule has 2 heterocycles. The first-order valence-corrected chi connectivity index (χ1v) is 10.0. The average Bonchev–Trinajstić information content (AvgIpc) is 2.71. The van der Waals surface area contributed by atoms with E-state index in [2.05, 4.69) is 17.0 Å². The van der Waals surface area contributed by atoms with Crippen LogP contribution in [0.4, 0.5) is 0 Å². The zero-order valence-electron chi connectivity index (χ0n) is 16.0. The van der Waals surface area contributed by atoms with Crippen LogP contribution in [0.3, 0.4) is 0 Å². The average molecular weight is 360 g/mol. The van der Waals surface area contributed by atoms with E-state index in [1.54, 1.807) is 7.11 Å². The first-order chi connectivity index (χ1) is 12.7. The second-order valence-corrected chi connectivity index (χ2v) is 7.46. The van der Waals surface area contributed by atoms with Crippen LogP contribution in [0.25, 0.3) is 0 Å². The summed E-state index contributed by atoms with van der Waals surface area (Å²) in [6.07, 6.45) is 7.40. The molecule has 0 radical (unpaired) electrons. The number of likely N-dealkylation sites (tertiary alicyclic amines) is 1. The molecule has 0 aromatic heterocycles. The summed E-state index contributed by atoms with van der Waals surface area (Å²) in [4.78, 5) is 20.2. The number of nitrogens with zero attached hydrogens (tertiary/aromatic N) is 2. The third-order valence-electron chi connectivity index (χ3n) is 5.50. The Balaban J connectivity index is 1.42. The minimum absolute atomic E-state index is 0.283. The fourth-order valence-corrected chi connectivity index (χ4v) is 3.93. The molecule has 0 spiro atoms. The summed E-state index contributed by atoms with van der Waals surface area (Å²) in [6.45, 7) is 4.30. The third kappa shape index (κ3) is 5.71. The SMILES string of the molecule is COc1cccc(CC[C@H]2CCCN(C(=O)CCN3CCCCO3)C2)c1. The summed E-state index contributed by atoms with van der Waals surface area (Å²) in [5.74, 6) is 1.80. The van der Waals surface area contributed by atoms with Crippen molar-refractivity contribution in [3.8, 4) is 5.75 Å². The minimum atomic E-state index is 0.283. The molecule has 2 aliphatic rings. The van der Waals surface area contributed by atoms with Crippen molar-refractivity contribution in [1.82, 2.24) is 9.96 Å². The number of carbonyl (C=O) groups excluding carboxylic acids is 1. The number of amides is 1. The van der Waals surface area contributed by atoms with Crippen LogP contribution in [0.15, 0.2) is 24.3 Å². The molecule has 5 nitrogen and oxygen atoms in total. The zero-order valence-corrected chi connectivity index (χ0v) is 16.0. The highest BCUT2D eigenvalue weighted by Crippen LogP contribution is 2.23. The fraction of sp³-hybridized carbons (Fsp3) is 0.667. The number of hydrogen-bond donors (Lipinski definition) is 0. The summed E-state index contributed by atoms with van der Waals surface area (Å²) >= 11 is 0. The molecular formula is C21H32N2O3. The molecule has 1 aromatic rings. The Hall–Kier alpha value is -1.59. The summed E-state index contributed by atoms with van der Waals surface area (Å²) in [5.41, 5.74) is 1.31. The molecule has 1 atom stereocenters. The molecule has 0 saturated carbocycles. The normalized spacial score (nSPS) is 21.6. The van der Waals surface area contributed by atoms with Crippen LogP contribution in [-0.2, 0) is 16.1 Å². The quantitative estimate of drug-likeness (QED) is 0.748. The lowest BCUT2D eigenvalue weighted by molar-refractivity contribution is -0.182. The molecule has 2 fully saturated rings. The van der Waals surface area contributed by atoms with Crippen molar-refractivity contribution < 1.29 is 14.4 Å². The number of hydrogen-bond acceptors (Lipinski definition) is 4. The lowest BCUT2D eigenvalue weighted by atomic mass is 9.91. The lowest BCUT2D eigenvalue weighted by Gasteiger charge is -2.34. The molecule has 26 heavy (non-hydrogen) atoms.